The third kappa shape index (κ3) is 3.46. The number of hydrogen-bond donors (Lipinski definition) is 1. The minimum atomic E-state index is -0.177. The molecule has 28 heavy (non-hydrogen) atoms. The SMILES string of the molecule is Cc1sc2nc(C)n(/N=C/c3sc(Nc4ccccc4)nc3Cl)c(=O)c2c1C. The van der Waals surface area contributed by atoms with Gasteiger partial charge in [-0.3, -0.25) is 4.79 Å². The van der Waals surface area contributed by atoms with E-state index in [1.165, 1.54) is 27.3 Å². The molecule has 4 rings (SSSR count). The van der Waals surface area contributed by atoms with E-state index in [1.807, 2.05) is 44.2 Å². The summed E-state index contributed by atoms with van der Waals surface area (Å²) in [7, 11) is 0. The number of aromatic nitrogens is 3. The number of hydrogen-bond acceptors (Lipinski definition) is 7. The van der Waals surface area contributed by atoms with Crippen LogP contribution in [0.2, 0.25) is 5.15 Å². The lowest BCUT2D eigenvalue weighted by molar-refractivity contribution is 0.772. The second-order valence-corrected chi connectivity index (χ2v) is 8.74. The van der Waals surface area contributed by atoms with E-state index in [0.717, 1.165) is 21.0 Å². The molecule has 0 saturated carbocycles. The highest BCUT2D eigenvalue weighted by molar-refractivity contribution is 7.18. The maximum atomic E-state index is 12.9. The van der Waals surface area contributed by atoms with Crippen molar-refractivity contribution in [1.29, 1.82) is 0 Å². The quantitative estimate of drug-likeness (QED) is 0.457. The summed E-state index contributed by atoms with van der Waals surface area (Å²) in [5.41, 5.74) is 1.69. The first-order chi connectivity index (χ1) is 13.4. The largest absolute Gasteiger partial charge is 0.331 e. The van der Waals surface area contributed by atoms with Crippen LogP contribution in [0, 0.1) is 20.8 Å². The molecule has 0 bridgehead atoms. The molecule has 0 unspecified atom stereocenters. The standard InChI is InChI=1S/C19H16ClN5OS2/c1-10-11(2)27-17-15(10)18(26)25(12(3)22-17)21-9-14-16(20)24-19(28-14)23-13-7-5-4-6-8-13/h4-9H,1-3H3,(H,23,24)/b21-9+. The summed E-state index contributed by atoms with van der Waals surface area (Å²) in [6, 6.07) is 9.70. The first-order valence-electron chi connectivity index (χ1n) is 8.46. The number of halogens is 1. The van der Waals surface area contributed by atoms with Crippen LogP contribution in [0.5, 0.6) is 0 Å². The van der Waals surface area contributed by atoms with Crippen LogP contribution in [0.15, 0.2) is 40.2 Å². The van der Waals surface area contributed by atoms with Crippen LogP contribution in [-0.4, -0.2) is 20.9 Å². The maximum Gasteiger partial charge on any atom is 0.283 e. The first kappa shape index (κ1) is 18.8. The highest BCUT2D eigenvalue weighted by Crippen LogP contribution is 2.28. The minimum absolute atomic E-state index is 0.177. The molecule has 0 radical (unpaired) electrons. The highest BCUT2D eigenvalue weighted by atomic mass is 35.5. The lowest BCUT2D eigenvalue weighted by Gasteiger charge is -2.03. The third-order valence-electron chi connectivity index (χ3n) is 4.27. The number of anilines is 2. The van der Waals surface area contributed by atoms with Gasteiger partial charge >= 0.3 is 0 Å². The van der Waals surface area contributed by atoms with E-state index in [9.17, 15) is 4.79 Å². The number of thiazole rings is 1. The molecule has 4 aromatic rings. The molecular formula is C19H16ClN5OS2. The molecule has 0 fully saturated rings. The Morgan fingerprint density at radius 3 is 2.64 bits per heavy atom. The van der Waals surface area contributed by atoms with Gasteiger partial charge in [0.25, 0.3) is 5.56 Å². The van der Waals surface area contributed by atoms with Crippen molar-refractivity contribution in [2.24, 2.45) is 5.10 Å². The van der Waals surface area contributed by atoms with Crippen molar-refractivity contribution >= 4 is 61.5 Å². The van der Waals surface area contributed by atoms with E-state index in [4.69, 9.17) is 11.6 Å². The van der Waals surface area contributed by atoms with Gasteiger partial charge in [0.05, 0.1) is 16.5 Å². The fourth-order valence-corrected chi connectivity index (χ4v) is 4.83. The zero-order valence-electron chi connectivity index (χ0n) is 15.4. The van der Waals surface area contributed by atoms with Gasteiger partial charge in [0.2, 0.25) is 0 Å². The fourth-order valence-electron chi connectivity index (χ4n) is 2.72. The molecular weight excluding hydrogens is 414 g/mol. The van der Waals surface area contributed by atoms with E-state index in [-0.39, 0.29) is 5.56 Å². The lowest BCUT2D eigenvalue weighted by Crippen LogP contribution is -2.20. The molecule has 0 amide bonds. The maximum absolute atomic E-state index is 12.9. The van der Waals surface area contributed by atoms with Crippen LogP contribution in [0.1, 0.15) is 21.1 Å². The van der Waals surface area contributed by atoms with Crippen LogP contribution in [-0.2, 0) is 0 Å². The molecule has 1 aromatic carbocycles. The van der Waals surface area contributed by atoms with Gasteiger partial charge in [-0.2, -0.15) is 9.78 Å². The van der Waals surface area contributed by atoms with Crippen molar-refractivity contribution < 1.29 is 0 Å². The fraction of sp³-hybridized carbons (Fsp3) is 0.158. The Balaban J connectivity index is 1.68. The van der Waals surface area contributed by atoms with Crippen LogP contribution in [0.25, 0.3) is 10.2 Å². The van der Waals surface area contributed by atoms with E-state index in [1.54, 1.807) is 13.1 Å². The summed E-state index contributed by atoms with van der Waals surface area (Å²) in [6.45, 7) is 5.68. The number of nitrogens with one attached hydrogen (secondary N) is 1. The smallest absolute Gasteiger partial charge is 0.283 e. The topological polar surface area (TPSA) is 72.2 Å². The predicted molar refractivity (Wildman–Crippen MR) is 118 cm³/mol. The first-order valence-corrected chi connectivity index (χ1v) is 10.5. The molecule has 0 aliphatic rings. The zero-order valence-corrected chi connectivity index (χ0v) is 17.7. The molecule has 1 N–H and O–H groups in total. The zero-order chi connectivity index (χ0) is 19.8. The highest BCUT2D eigenvalue weighted by Gasteiger charge is 2.14. The Morgan fingerprint density at radius 1 is 1.14 bits per heavy atom. The molecule has 0 spiro atoms. The summed E-state index contributed by atoms with van der Waals surface area (Å²) in [4.78, 5) is 24.2. The summed E-state index contributed by atoms with van der Waals surface area (Å²) in [5.74, 6) is 0.526. The van der Waals surface area contributed by atoms with Gasteiger partial charge in [-0.1, -0.05) is 41.1 Å². The van der Waals surface area contributed by atoms with Gasteiger partial charge in [0, 0.05) is 10.6 Å². The molecule has 3 heterocycles. The van der Waals surface area contributed by atoms with E-state index < -0.39 is 0 Å². The van der Waals surface area contributed by atoms with Crippen molar-refractivity contribution in [3.63, 3.8) is 0 Å². The van der Waals surface area contributed by atoms with Crippen molar-refractivity contribution in [2.45, 2.75) is 20.8 Å². The van der Waals surface area contributed by atoms with Crippen molar-refractivity contribution in [2.75, 3.05) is 5.32 Å². The van der Waals surface area contributed by atoms with Crippen LogP contribution >= 0.6 is 34.3 Å². The Labute approximate surface area is 174 Å². The van der Waals surface area contributed by atoms with Crippen LogP contribution in [0.4, 0.5) is 10.8 Å². The lowest BCUT2D eigenvalue weighted by atomic mass is 10.2. The summed E-state index contributed by atoms with van der Waals surface area (Å²) >= 11 is 9.13. The number of benzene rings is 1. The second kappa shape index (κ2) is 7.46. The Hall–Kier alpha value is -2.55. The van der Waals surface area contributed by atoms with E-state index in [0.29, 0.717) is 26.4 Å². The van der Waals surface area contributed by atoms with Crippen molar-refractivity contribution in [1.82, 2.24) is 14.6 Å². The summed E-state index contributed by atoms with van der Waals surface area (Å²) in [6.07, 6.45) is 1.55. The molecule has 9 heteroatoms. The van der Waals surface area contributed by atoms with Crippen molar-refractivity contribution in [3.05, 3.63) is 67.0 Å². The van der Waals surface area contributed by atoms with Gasteiger partial charge in [0.1, 0.15) is 10.7 Å². The summed E-state index contributed by atoms with van der Waals surface area (Å²) < 4.78 is 1.31. The number of rotatable bonds is 4. The van der Waals surface area contributed by atoms with Crippen LogP contribution < -0.4 is 10.9 Å². The van der Waals surface area contributed by atoms with Crippen molar-refractivity contribution in [3.8, 4) is 0 Å². The normalized spacial score (nSPS) is 11.6. The Kier molecular flexibility index (Phi) is 5.01. The average Bonchev–Trinajstić information content (AvgIpc) is 3.14. The number of nitrogens with zero attached hydrogens (tertiary/aromatic N) is 4. The molecule has 0 saturated heterocycles. The molecule has 0 atom stereocenters. The number of fused-ring (bicyclic) bond motifs is 1. The van der Waals surface area contributed by atoms with Gasteiger partial charge in [-0.15, -0.1) is 11.3 Å². The van der Waals surface area contributed by atoms with Crippen LogP contribution in [0.3, 0.4) is 0 Å². The van der Waals surface area contributed by atoms with Gasteiger partial charge in [-0.05, 0) is 38.5 Å². The Morgan fingerprint density at radius 2 is 1.89 bits per heavy atom. The monoisotopic (exact) mass is 429 g/mol. The molecule has 142 valence electrons. The van der Waals surface area contributed by atoms with Gasteiger partial charge in [-0.25, -0.2) is 9.97 Å². The third-order valence-corrected chi connectivity index (χ3v) is 6.67. The molecule has 0 aliphatic heterocycles. The van der Waals surface area contributed by atoms with E-state index in [2.05, 4.69) is 20.4 Å². The number of thiophene rings is 1. The minimum Gasteiger partial charge on any atom is -0.331 e. The second-order valence-electron chi connectivity index (χ2n) is 6.15. The van der Waals surface area contributed by atoms with Gasteiger partial charge in [0.15, 0.2) is 10.3 Å². The molecule has 0 aliphatic carbocycles. The number of aryl methyl sites for hydroxylation is 3. The average molecular weight is 430 g/mol. The molecule has 6 nitrogen and oxygen atoms in total. The van der Waals surface area contributed by atoms with Gasteiger partial charge < -0.3 is 5.32 Å². The Bertz CT molecular complexity index is 1260. The summed E-state index contributed by atoms with van der Waals surface area (Å²) in [5, 5.41) is 9.14. The predicted octanol–water partition coefficient (Wildman–Crippen LogP) is 5.12. The van der Waals surface area contributed by atoms with E-state index >= 15 is 0 Å². The molecule has 3 aromatic heterocycles. The number of para-hydroxylation sites is 1.